The van der Waals surface area contributed by atoms with Gasteiger partial charge in [0.1, 0.15) is 5.66 Å². The average Bonchev–Trinajstić information content (AvgIpc) is 3.28. The quantitative estimate of drug-likeness (QED) is 0.593. The number of aromatic nitrogens is 2. The van der Waals surface area contributed by atoms with E-state index < -0.39 is 10.6 Å². The number of nitro groups is 1. The molecule has 2 heterocycles. The number of H-pyrrole nitrogens is 1. The summed E-state index contributed by atoms with van der Waals surface area (Å²) in [5.41, 5.74) is 9.43. The normalized spacial score (nSPS) is 23.0. The third-order valence-electron chi connectivity index (χ3n) is 4.35. The van der Waals surface area contributed by atoms with Crippen molar-refractivity contribution in [2.75, 3.05) is 0 Å². The van der Waals surface area contributed by atoms with Crippen LogP contribution < -0.4 is 11.1 Å². The van der Waals surface area contributed by atoms with Crippen LogP contribution in [0.5, 0.6) is 0 Å². The first-order valence-corrected chi connectivity index (χ1v) is 7.16. The lowest BCUT2D eigenvalue weighted by atomic mass is 9.88. The molecular formula is C15H15N5O2. The zero-order chi connectivity index (χ0) is 15.3. The van der Waals surface area contributed by atoms with Gasteiger partial charge in [-0.3, -0.25) is 15.2 Å². The number of aromatic amines is 1. The Hall–Kier alpha value is -2.67. The van der Waals surface area contributed by atoms with Crippen LogP contribution in [0.25, 0.3) is 17.3 Å². The second-order valence-electron chi connectivity index (χ2n) is 5.79. The van der Waals surface area contributed by atoms with Gasteiger partial charge < -0.3 is 11.1 Å². The highest BCUT2D eigenvalue weighted by Gasteiger charge is 2.47. The van der Waals surface area contributed by atoms with Crippen molar-refractivity contribution >= 4 is 11.8 Å². The van der Waals surface area contributed by atoms with E-state index in [4.69, 9.17) is 5.73 Å². The Balaban J connectivity index is 1.82. The molecule has 2 aromatic rings. The number of non-ortho nitro benzene ring substituents is 1. The van der Waals surface area contributed by atoms with Gasteiger partial charge in [-0.15, -0.1) is 0 Å². The van der Waals surface area contributed by atoms with E-state index >= 15 is 0 Å². The molecule has 1 aromatic carbocycles. The van der Waals surface area contributed by atoms with E-state index in [0.29, 0.717) is 5.92 Å². The number of rotatable bonds is 3. The van der Waals surface area contributed by atoms with Crippen LogP contribution in [-0.4, -0.2) is 15.1 Å². The second-order valence-corrected chi connectivity index (χ2v) is 5.79. The first-order valence-electron chi connectivity index (χ1n) is 7.16. The van der Waals surface area contributed by atoms with Gasteiger partial charge >= 0.3 is 0 Å². The molecule has 2 aliphatic rings. The van der Waals surface area contributed by atoms with Crippen LogP contribution in [0.1, 0.15) is 24.1 Å². The monoisotopic (exact) mass is 297 g/mol. The molecule has 22 heavy (non-hydrogen) atoms. The number of nitrogens with two attached hydrogens (primary N) is 1. The lowest BCUT2D eigenvalue weighted by molar-refractivity contribution is -0.384. The van der Waals surface area contributed by atoms with Crippen LogP contribution in [0.15, 0.2) is 30.5 Å². The summed E-state index contributed by atoms with van der Waals surface area (Å²) < 4.78 is 0. The molecule has 1 atom stereocenters. The Kier molecular flexibility index (Phi) is 2.61. The third-order valence-corrected chi connectivity index (χ3v) is 4.35. The Morgan fingerprint density at radius 3 is 2.68 bits per heavy atom. The largest absolute Gasteiger partial charge is 0.369 e. The molecule has 1 aromatic heterocycles. The Bertz CT molecular complexity index is 776. The predicted octanol–water partition coefficient (Wildman–Crippen LogP) is 2.08. The average molecular weight is 297 g/mol. The van der Waals surface area contributed by atoms with Crippen molar-refractivity contribution < 1.29 is 4.92 Å². The van der Waals surface area contributed by atoms with Gasteiger partial charge in [-0.1, -0.05) is 0 Å². The van der Waals surface area contributed by atoms with Crippen LogP contribution in [0.4, 0.5) is 5.69 Å². The number of nitrogens with one attached hydrogen (secondary N) is 2. The van der Waals surface area contributed by atoms with Crippen molar-refractivity contribution in [1.29, 1.82) is 0 Å². The Morgan fingerprint density at radius 2 is 2.05 bits per heavy atom. The van der Waals surface area contributed by atoms with E-state index in [-0.39, 0.29) is 5.69 Å². The lowest BCUT2D eigenvalue weighted by Gasteiger charge is -2.33. The zero-order valence-corrected chi connectivity index (χ0v) is 11.7. The van der Waals surface area contributed by atoms with Crippen LogP contribution in [0.2, 0.25) is 0 Å². The van der Waals surface area contributed by atoms with Crippen LogP contribution in [0.3, 0.4) is 0 Å². The van der Waals surface area contributed by atoms with E-state index in [1.165, 1.54) is 12.1 Å². The van der Waals surface area contributed by atoms with Crippen molar-refractivity contribution in [3.8, 4) is 11.3 Å². The van der Waals surface area contributed by atoms with Crippen LogP contribution >= 0.6 is 0 Å². The minimum Gasteiger partial charge on any atom is -0.369 e. The summed E-state index contributed by atoms with van der Waals surface area (Å²) in [6, 6.07) is 6.39. The van der Waals surface area contributed by atoms with Gasteiger partial charge in [0.05, 0.1) is 16.3 Å². The van der Waals surface area contributed by atoms with Gasteiger partial charge in [0.2, 0.25) is 0 Å². The van der Waals surface area contributed by atoms with Gasteiger partial charge in [-0.2, -0.15) is 5.10 Å². The fourth-order valence-electron chi connectivity index (χ4n) is 3.04. The standard InChI is InChI=1S/C15H15N5O2/c16-15(10-3-4-10)13-12(7-8-17-15)18-19-14(13)9-1-5-11(6-2-9)20(21)22/h1-2,5-8,10,17H,3-4,16H2,(H,18,19). The molecule has 1 aliphatic heterocycles. The smallest absolute Gasteiger partial charge is 0.269 e. The number of hydrogen-bond acceptors (Lipinski definition) is 5. The summed E-state index contributed by atoms with van der Waals surface area (Å²) in [4.78, 5) is 10.4. The van der Waals surface area contributed by atoms with Crippen LogP contribution in [0, 0.1) is 16.0 Å². The van der Waals surface area contributed by atoms with Crippen LogP contribution in [-0.2, 0) is 5.66 Å². The Labute approximate surface area is 126 Å². The van der Waals surface area contributed by atoms with Crippen molar-refractivity contribution in [3.63, 3.8) is 0 Å². The SMILES string of the molecule is NC1(C2CC2)NC=Cc2[nH]nc(-c3ccc([N+](=O)[O-])cc3)c21. The van der Waals surface area contributed by atoms with Gasteiger partial charge in [0.15, 0.2) is 0 Å². The van der Waals surface area contributed by atoms with E-state index in [1.807, 2.05) is 12.3 Å². The fraction of sp³-hybridized carbons (Fsp3) is 0.267. The summed E-state index contributed by atoms with van der Waals surface area (Å²) in [5, 5.41) is 21.4. The summed E-state index contributed by atoms with van der Waals surface area (Å²) in [6.07, 6.45) is 5.92. The Morgan fingerprint density at radius 1 is 1.32 bits per heavy atom. The van der Waals surface area contributed by atoms with Crippen molar-refractivity contribution in [1.82, 2.24) is 15.5 Å². The topological polar surface area (TPSA) is 110 Å². The first kappa shape index (κ1) is 13.0. The van der Waals surface area contributed by atoms with Crippen molar-refractivity contribution in [3.05, 3.63) is 51.8 Å². The molecule has 1 unspecified atom stereocenters. The molecule has 7 heteroatoms. The molecule has 4 rings (SSSR count). The summed E-state index contributed by atoms with van der Waals surface area (Å²) >= 11 is 0. The molecular weight excluding hydrogens is 282 g/mol. The molecule has 7 nitrogen and oxygen atoms in total. The van der Waals surface area contributed by atoms with Crippen molar-refractivity contribution in [2.24, 2.45) is 11.7 Å². The summed E-state index contributed by atoms with van der Waals surface area (Å²) in [6.45, 7) is 0. The maximum absolute atomic E-state index is 10.8. The number of benzene rings is 1. The highest BCUT2D eigenvalue weighted by Crippen LogP contribution is 2.47. The van der Waals surface area contributed by atoms with Gasteiger partial charge in [-0.25, -0.2) is 0 Å². The molecule has 0 amide bonds. The minimum atomic E-state index is -0.631. The molecule has 1 aliphatic carbocycles. The van der Waals surface area contributed by atoms with Gasteiger partial charge in [-0.05, 0) is 37.0 Å². The minimum absolute atomic E-state index is 0.0624. The summed E-state index contributed by atoms with van der Waals surface area (Å²) in [7, 11) is 0. The third kappa shape index (κ3) is 1.82. The van der Waals surface area contributed by atoms with E-state index in [1.54, 1.807) is 12.1 Å². The van der Waals surface area contributed by atoms with E-state index in [9.17, 15) is 10.1 Å². The van der Waals surface area contributed by atoms with Crippen molar-refractivity contribution in [2.45, 2.75) is 18.5 Å². The molecule has 1 saturated carbocycles. The summed E-state index contributed by atoms with van der Waals surface area (Å²) in [5.74, 6) is 0.380. The molecule has 4 N–H and O–H groups in total. The maximum Gasteiger partial charge on any atom is 0.269 e. The maximum atomic E-state index is 10.8. The fourth-order valence-corrected chi connectivity index (χ4v) is 3.04. The highest BCUT2D eigenvalue weighted by molar-refractivity contribution is 5.72. The van der Waals surface area contributed by atoms with E-state index in [2.05, 4.69) is 15.5 Å². The highest BCUT2D eigenvalue weighted by atomic mass is 16.6. The number of hydrogen-bond donors (Lipinski definition) is 3. The lowest BCUT2D eigenvalue weighted by Crippen LogP contribution is -2.51. The number of nitrogens with zero attached hydrogens (tertiary/aromatic N) is 2. The number of fused-ring (bicyclic) bond motifs is 1. The zero-order valence-electron chi connectivity index (χ0n) is 11.7. The molecule has 0 bridgehead atoms. The molecule has 1 fully saturated rings. The predicted molar refractivity (Wildman–Crippen MR) is 81.4 cm³/mol. The first-order chi connectivity index (χ1) is 10.6. The molecule has 0 saturated heterocycles. The molecule has 0 spiro atoms. The van der Waals surface area contributed by atoms with Gasteiger partial charge in [0, 0.05) is 29.5 Å². The number of nitro benzene ring substituents is 1. The van der Waals surface area contributed by atoms with Gasteiger partial charge in [0.25, 0.3) is 5.69 Å². The van der Waals surface area contributed by atoms with E-state index in [0.717, 1.165) is 35.4 Å². The second kappa shape index (κ2) is 4.41. The molecule has 112 valence electrons. The molecule has 0 radical (unpaired) electrons.